The molecule has 0 spiro atoms. The van der Waals surface area contributed by atoms with Gasteiger partial charge in [-0.1, -0.05) is 0 Å². The van der Waals surface area contributed by atoms with E-state index >= 15 is 0 Å². The van der Waals surface area contributed by atoms with Crippen LogP contribution >= 0.6 is 0 Å². The number of benzene rings is 1. The molecule has 1 aromatic carbocycles. The third-order valence-electron chi connectivity index (χ3n) is 4.29. The molecule has 1 atom stereocenters. The van der Waals surface area contributed by atoms with E-state index in [1.807, 2.05) is 12.1 Å². The van der Waals surface area contributed by atoms with Gasteiger partial charge in [0.25, 0.3) is 5.91 Å². The summed E-state index contributed by atoms with van der Waals surface area (Å²) < 4.78 is 10.7. The van der Waals surface area contributed by atoms with Crippen LogP contribution in [0.25, 0.3) is 0 Å². The first-order chi connectivity index (χ1) is 10.7. The monoisotopic (exact) mass is 304 g/mol. The van der Waals surface area contributed by atoms with E-state index in [0.717, 1.165) is 24.0 Å². The number of ether oxygens (including phenoxy) is 2. The summed E-state index contributed by atoms with van der Waals surface area (Å²) in [5, 5.41) is 3.22. The van der Waals surface area contributed by atoms with Crippen molar-refractivity contribution in [3.8, 4) is 11.5 Å². The fourth-order valence-electron chi connectivity index (χ4n) is 3.14. The maximum absolute atomic E-state index is 12.7. The van der Waals surface area contributed by atoms with Gasteiger partial charge in [0.05, 0.1) is 14.2 Å². The van der Waals surface area contributed by atoms with Crippen molar-refractivity contribution in [3.05, 3.63) is 23.3 Å². The minimum atomic E-state index is -0.495. The van der Waals surface area contributed by atoms with E-state index in [0.29, 0.717) is 31.0 Å². The first-order valence-electron chi connectivity index (χ1n) is 7.48. The van der Waals surface area contributed by atoms with Crippen LogP contribution < -0.4 is 14.8 Å². The highest BCUT2D eigenvalue weighted by atomic mass is 16.5. The van der Waals surface area contributed by atoms with Gasteiger partial charge < -0.3 is 14.8 Å². The number of hydrogen-bond donors (Lipinski definition) is 1. The third-order valence-corrected chi connectivity index (χ3v) is 4.29. The van der Waals surface area contributed by atoms with Crippen LogP contribution in [0, 0.1) is 0 Å². The molecule has 6 nitrogen and oxygen atoms in total. The summed E-state index contributed by atoms with van der Waals surface area (Å²) in [6.45, 7) is 1.21. The van der Waals surface area contributed by atoms with E-state index < -0.39 is 6.04 Å². The topological polar surface area (TPSA) is 67.9 Å². The fraction of sp³-hybridized carbons (Fsp3) is 0.500. The highest BCUT2D eigenvalue weighted by Crippen LogP contribution is 2.36. The number of carbonyl (C=O) groups excluding carboxylic acids is 2. The highest BCUT2D eigenvalue weighted by molar-refractivity contribution is 5.99. The average Bonchev–Trinajstić information content (AvgIpc) is 2.98. The van der Waals surface area contributed by atoms with Crippen LogP contribution in [0.4, 0.5) is 0 Å². The lowest BCUT2D eigenvalue weighted by Crippen LogP contribution is -2.44. The third kappa shape index (κ3) is 2.43. The highest BCUT2D eigenvalue weighted by Gasteiger charge is 2.35. The molecule has 0 saturated carbocycles. The molecule has 1 fully saturated rings. The Hall–Kier alpha value is -2.08. The zero-order valence-electron chi connectivity index (χ0n) is 12.8. The molecule has 0 aromatic heterocycles. The van der Waals surface area contributed by atoms with Crippen molar-refractivity contribution < 1.29 is 19.1 Å². The van der Waals surface area contributed by atoms with Crippen LogP contribution in [0.2, 0.25) is 0 Å². The van der Waals surface area contributed by atoms with Gasteiger partial charge in [-0.2, -0.15) is 0 Å². The molecular formula is C16H20N2O4. The Morgan fingerprint density at radius 1 is 1.23 bits per heavy atom. The molecule has 1 unspecified atom stereocenters. The van der Waals surface area contributed by atoms with Crippen molar-refractivity contribution in [2.45, 2.75) is 25.3 Å². The Balaban J connectivity index is 1.96. The Bertz CT molecular complexity index is 614. The molecule has 0 bridgehead atoms. The van der Waals surface area contributed by atoms with Crippen LogP contribution in [-0.2, 0) is 16.0 Å². The van der Waals surface area contributed by atoms with Crippen LogP contribution in [0.5, 0.6) is 11.5 Å². The summed E-state index contributed by atoms with van der Waals surface area (Å²) in [6, 6.07) is 3.26. The molecule has 22 heavy (non-hydrogen) atoms. The largest absolute Gasteiger partial charge is 0.493 e. The van der Waals surface area contributed by atoms with Crippen LogP contribution in [0.3, 0.4) is 0 Å². The SMILES string of the molecule is COc1cc2c(cc1OC)C(C(=O)N1CCCC1=O)NCC2. The number of carbonyl (C=O) groups is 2. The Kier molecular flexibility index (Phi) is 4.02. The second kappa shape index (κ2) is 5.96. The Morgan fingerprint density at radius 2 is 1.95 bits per heavy atom. The number of fused-ring (bicyclic) bond motifs is 1. The summed E-state index contributed by atoms with van der Waals surface area (Å²) in [6.07, 6.45) is 2.01. The summed E-state index contributed by atoms with van der Waals surface area (Å²) in [7, 11) is 3.16. The molecule has 2 aliphatic rings. The molecule has 3 rings (SSSR count). The number of rotatable bonds is 3. The van der Waals surface area contributed by atoms with Crippen molar-refractivity contribution in [3.63, 3.8) is 0 Å². The fourth-order valence-corrected chi connectivity index (χ4v) is 3.14. The number of imide groups is 1. The molecular weight excluding hydrogens is 284 g/mol. The molecule has 0 aliphatic carbocycles. The number of nitrogens with zero attached hydrogens (tertiary/aromatic N) is 1. The molecule has 2 aliphatic heterocycles. The van der Waals surface area contributed by atoms with E-state index in [4.69, 9.17) is 9.47 Å². The number of hydrogen-bond acceptors (Lipinski definition) is 5. The number of amides is 2. The maximum atomic E-state index is 12.7. The minimum absolute atomic E-state index is 0.0839. The number of likely N-dealkylation sites (tertiary alicyclic amines) is 1. The summed E-state index contributed by atoms with van der Waals surface area (Å²) >= 11 is 0. The predicted octanol–water partition coefficient (Wildman–Crippen LogP) is 1.04. The Morgan fingerprint density at radius 3 is 2.59 bits per heavy atom. The van der Waals surface area contributed by atoms with E-state index in [-0.39, 0.29) is 11.8 Å². The first kappa shape index (κ1) is 14.8. The zero-order valence-corrected chi connectivity index (χ0v) is 12.8. The van der Waals surface area contributed by atoms with Crippen molar-refractivity contribution in [1.29, 1.82) is 0 Å². The molecule has 2 amide bonds. The van der Waals surface area contributed by atoms with Gasteiger partial charge in [-0.15, -0.1) is 0 Å². The molecule has 118 valence electrons. The zero-order chi connectivity index (χ0) is 15.7. The first-order valence-corrected chi connectivity index (χ1v) is 7.48. The summed E-state index contributed by atoms with van der Waals surface area (Å²) in [5.74, 6) is 0.997. The standard InChI is InChI=1S/C16H20N2O4/c1-21-12-8-10-5-6-17-15(11(10)9-13(12)22-2)16(20)18-7-3-4-14(18)19/h8-9,15,17H,3-7H2,1-2H3. The lowest BCUT2D eigenvalue weighted by Gasteiger charge is -2.29. The summed E-state index contributed by atoms with van der Waals surface area (Å²) in [4.78, 5) is 25.9. The van der Waals surface area contributed by atoms with Crippen molar-refractivity contribution in [2.24, 2.45) is 0 Å². The van der Waals surface area contributed by atoms with Gasteiger partial charge in [0.1, 0.15) is 6.04 Å². The average molecular weight is 304 g/mol. The van der Waals surface area contributed by atoms with Crippen LogP contribution in [0.1, 0.15) is 30.0 Å². The smallest absolute Gasteiger partial charge is 0.250 e. The van der Waals surface area contributed by atoms with E-state index in [1.165, 1.54) is 4.90 Å². The second-order valence-electron chi connectivity index (χ2n) is 5.53. The van der Waals surface area contributed by atoms with Crippen LogP contribution in [-0.4, -0.2) is 44.0 Å². The molecule has 6 heteroatoms. The van der Waals surface area contributed by atoms with Gasteiger partial charge in [0, 0.05) is 19.5 Å². The van der Waals surface area contributed by atoms with Crippen LogP contribution in [0.15, 0.2) is 12.1 Å². The van der Waals surface area contributed by atoms with Gasteiger partial charge in [0.2, 0.25) is 5.91 Å². The normalized spacial score (nSPS) is 20.7. The lowest BCUT2D eigenvalue weighted by molar-refractivity contribution is -0.143. The van der Waals surface area contributed by atoms with Gasteiger partial charge in [0.15, 0.2) is 11.5 Å². The predicted molar refractivity (Wildman–Crippen MR) is 79.9 cm³/mol. The quantitative estimate of drug-likeness (QED) is 0.845. The number of methoxy groups -OCH3 is 2. The van der Waals surface area contributed by atoms with E-state index in [9.17, 15) is 9.59 Å². The molecule has 1 saturated heterocycles. The van der Waals surface area contributed by atoms with Gasteiger partial charge >= 0.3 is 0 Å². The molecule has 2 heterocycles. The molecule has 0 radical (unpaired) electrons. The van der Waals surface area contributed by atoms with Gasteiger partial charge in [-0.05, 0) is 36.1 Å². The second-order valence-corrected chi connectivity index (χ2v) is 5.53. The lowest BCUT2D eigenvalue weighted by atomic mass is 9.92. The van der Waals surface area contributed by atoms with E-state index in [1.54, 1.807) is 14.2 Å². The number of nitrogens with one attached hydrogen (secondary N) is 1. The Labute approximate surface area is 129 Å². The van der Waals surface area contributed by atoms with E-state index in [2.05, 4.69) is 5.32 Å². The van der Waals surface area contributed by atoms with Crippen molar-refractivity contribution in [1.82, 2.24) is 10.2 Å². The molecule has 1 N–H and O–H groups in total. The minimum Gasteiger partial charge on any atom is -0.493 e. The maximum Gasteiger partial charge on any atom is 0.250 e. The van der Waals surface area contributed by atoms with Crippen molar-refractivity contribution in [2.75, 3.05) is 27.3 Å². The van der Waals surface area contributed by atoms with Crippen molar-refractivity contribution >= 4 is 11.8 Å². The summed E-state index contributed by atoms with van der Waals surface area (Å²) in [5.41, 5.74) is 1.93. The molecule has 1 aromatic rings. The van der Waals surface area contributed by atoms with Gasteiger partial charge in [-0.3, -0.25) is 14.5 Å². The van der Waals surface area contributed by atoms with Gasteiger partial charge in [-0.25, -0.2) is 0 Å².